The number of nitrogens with two attached hydrogens (primary N) is 1. The van der Waals surface area contributed by atoms with E-state index in [1.165, 1.54) is 0 Å². The van der Waals surface area contributed by atoms with E-state index >= 15 is 0 Å². The molecule has 2 amide bonds. The molecule has 2 rings (SSSR count). The first-order valence-electron chi connectivity index (χ1n) is 7.17. The average molecular weight is 291 g/mol. The van der Waals surface area contributed by atoms with Gasteiger partial charge in [0.15, 0.2) is 0 Å². The molecule has 6 heteroatoms. The van der Waals surface area contributed by atoms with E-state index in [0.29, 0.717) is 31.0 Å². The van der Waals surface area contributed by atoms with Gasteiger partial charge in [0.05, 0.1) is 24.9 Å². The van der Waals surface area contributed by atoms with Crippen LogP contribution in [0.1, 0.15) is 19.8 Å². The number of ether oxygens (including phenoxy) is 1. The Labute approximate surface area is 124 Å². The second-order valence-electron chi connectivity index (χ2n) is 5.05. The number of nitrogen functional groups attached to an aromatic ring is 1. The van der Waals surface area contributed by atoms with Crippen LogP contribution >= 0.6 is 0 Å². The van der Waals surface area contributed by atoms with Crippen LogP contribution < -0.4 is 15.8 Å². The Morgan fingerprint density at radius 1 is 1.38 bits per heavy atom. The van der Waals surface area contributed by atoms with E-state index in [2.05, 4.69) is 5.32 Å². The molecule has 0 aliphatic carbocycles. The maximum atomic E-state index is 11.7. The molecular formula is C15H21N3O3. The second-order valence-corrected chi connectivity index (χ2v) is 5.05. The van der Waals surface area contributed by atoms with Gasteiger partial charge in [-0.25, -0.2) is 0 Å². The van der Waals surface area contributed by atoms with Crippen LogP contribution in [0, 0.1) is 0 Å². The van der Waals surface area contributed by atoms with E-state index < -0.39 is 0 Å². The lowest BCUT2D eigenvalue weighted by atomic mass is 10.1. The fourth-order valence-corrected chi connectivity index (χ4v) is 2.46. The topological polar surface area (TPSA) is 84.7 Å². The van der Waals surface area contributed by atoms with Gasteiger partial charge >= 0.3 is 0 Å². The zero-order chi connectivity index (χ0) is 15.2. The van der Waals surface area contributed by atoms with Gasteiger partial charge in [-0.1, -0.05) is 19.1 Å². The molecule has 0 aromatic heterocycles. The van der Waals surface area contributed by atoms with Crippen molar-refractivity contribution >= 4 is 17.5 Å². The van der Waals surface area contributed by atoms with Crippen LogP contribution in [-0.4, -0.2) is 42.5 Å². The number of benzene rings is 1. The van der Waals surface area contributed by atoms with Gasteiger partial charge in [0.1, 0.15) is 5.75 Å². The summed E-state index contributed by atoms with van der Waals surface area (Å²) in [6.07, 6.45) is 1.41. The van der Waals surface area contributed by atoms with Crippen molar-refractivity contribution in [1.82, 2.24) is 10.2 Å². The number of piperazine rings is 1. The highest BCUT2D eigenvalue weighted by Crippen LogP contribution is 2.19. The molecular weight excluding hydrogens is 270 g/mol. The van der Waals surface area contributed by atoms with Gasteiger partial charge in [0, 0.05) is 6.54 Å². The third kappa shape index (κ3) is 3.95. The predicted molar refractivity (Wildman–Crippen MR) is 79.8 cm³/mol. The van der Waals surface area contributed by atoms with Crippen molar-refractivity contribution in [1.29, 1.82) is 0 Å². The van der Waals surface area contributed by atoms with Crippen molar-refractivity contribution < 1.29 is 14.3 Å². The smallest absolute Gasteiger partial charge is 0.243 e. The summed E-state index contributed by atoms with van der Waals surface area (Å²) in [5.74, 6) is 0.219. The Kier molecular flexibility index (Phi) is 5.16. The van der Waals surface area contributed by atoms with Crippen molar-refractivity contribution in [2.75, 3.05) is 25.4 Å². The summed E-state index contributed by atoms with van der Waals surface area (Å²) in [4.78, 5) is 25.0. The van der Waals surface area contributed by atoms with E-state index in [1.807, 2.05) is 30.0 Å². The molecule has 1 aromatic carbocycles. The molecule has 6 nitrogen and oxygen atoms in total. The quantitative estimate of drug-likeness (QED) is 0.459. The van der Waals surface area contributed by atoms with Crippen LogP contribution in [0.5, 0.6) is 5.75 Å². The summed E-state index contributed by atoms with van der Waals surface area (Å²) in [5.41, 5.74) is 6.40. The Morgan fingerprint density at radius 3 is 2.86 bits per heavy atom. The monoisotopic (exact) mass is 291 g/mol. The Hall–Kier alpha value is -2.08. The predicted octanol–water partition coefficient (Wildman–Crippen LogP) is 0.775. The minimum atomic E-state index is -0.238. The van der Waals surface area contributed by atoms with Crippen molar-refractivity contribution in [3.63, 3.8) is 0 Å². The molecule has 1 saturated heterocycles. The number of hydrogen-bond donors (Lipinski definition) is 2. The zero-order valence-corrected chi connectivity index (χ0v) is 12.2. The van der Waals surface area contributed by atoms with Crippen LogP contribution in [-0.2, 0) is 9.59 Å². The summed E-state index contributed by atoms with van der Waals surface area (Å²) in [6.45, 7) is 3.34. The lowest BCUT2D eigenvalue weighted by Crippen LogP contribution is -2.58. The first kappa shape index (κ1) is 15.3. The highest BCUT2D eigenvalue weighted by atomic mass is 16.5. The van der Waals surface area contributed by atoms with Gasteiger partial charge in [-0.05, 0) is 25.0 Å². The molecule has 3 N–H and O–H groups in total. The minimum Gasteiger partial charge on any atom is -0.491 e. The molecule has 1 aliphatic rings. The van der Waals surface area contributed by atoms with Crippen molar-refractivity contribution in [3.8, 4) is 5.75 Å². The van der Waals surface area contributed by atoms with E-state index in [-0.39, 0.29) is 24.4 Å². The minimum absolute atomic E-state index is 0.207. The summed E-state index contributed by atoms with van der Waals surface area (Å²) in [5, 5.41) is 2.37. The van der Waals surface area contributed by atoms with E-state index in [9.17, 15) is 9.59 Å². The molecule has 0 saturated carbocycles. The number of carbonyl (C=O) groups is 2. The van der Waals surface area contributed by atoms with Crippen LogP contribution in [0.4, 0.5) is 5.69 Å². The van der Waals surface area contributed by atoms with E-state index in [0.717, 1.165) is 6.42 Å². The van der Waals surface area contributed by atoms with Crippen LogP contribution in [0.3, 0.4) is 0 Å². The van der Waals surface area contributed by atoms with Crippen molar-refractivity contribution in [2.24, 2.45) is 0 Å². The van der Waals surface area contributed by atoms with Gasteiger partial charge in [-0.3, -0.25) is 19.8 Å². The van der Waals surface area contributed by atoms with E-state index in [4.69, 9.17) is 10.5 Å². The number of rotatable bonds is 6. The van der Waals surface area contributed by atoms with Gasteiger partial charge in [0.2, 0.25) is 11.8 Å². The molecule has 21 heavy (non-hydrogen) atoms. The van der Waals surface area contributed by atoms with Crippen molar-refractivity contribution in [2.45, 2.75) is 25.8 Å². The fourth-order valence-electron chi connectivity index (χ4n) is 2.46. The molecule has 1 aliphatic heterocycles. The average Bonchev–Trinajstić information content (AvgIpc) is 2.45. The molecule has 1 aromatic rings. The number of anilines is 1. The van der Waals surface area contributed by atoms with Gasteiger partial charge in [0.25, 0.3) is 0 Å². The normalized spacial score (nSPS) is 19.4. The number of carbonyl (C=O) groups excluding carboxylic acids is 2. The summed E-state index contributed by atoms with van der Waals surface area (Å²) in [6, 6.07) is 7.10. The third-order valence-electron chi connectivity index (χ3n) is 3.51. The summed E-state index contributed by atoms with van der Waals surface area (Å²) in [7, 11) is 0. The molecule has 0 bridgehead atoms. The SMILES string of the molecule is CCC1C(=O)NC(=O)CN1CCCOc1ccccc1N. The van der Waals surface area contributed by atoms with Crippen LogP contribution in [0.2, 0.25) is 0 Å². The largest absolute Gasteiger partial charge is 0.491 e. The Morgan fingerprint density at radius 2 is 2.14 bits per heavy atom. The Balaban J connectivity index is 1.80. The molecule has 0 spiro atoms. The maximum absolute atomic E-state index is 11.7. The lowest BCUT2D eigenvalue weighted by Gasteiger charge is -2.33. The molecule has 1 atom stereocenters. The van der Waals surface area contributed by atoms with Crippen LogP contribution in [0.15, 0.2) is 24.3 Å². The van der Waals surface area contributed by atoms with E-state index in [1.54, 1.807) is 6.07 Å². The number of hydrogen-bond acceptors (Lipinski definition) is 5. The first-order valence-corrected chi connectivity index (χ1v) is 7.17. The molecule has 114 valence electrons. The van der Waals surface area contributed by atoms with Crippen molar-refractivity contribution in [3.05, 3.63) is 24.3 Å². The Bertz CT molecular complexity index is 519. The number of nitrogens with zero attached hydrogens (tertiary/aromatic N) is 1. The molecule has 1 heterocycles. The number of para-hydroxylation sites is 2. The molecule has 1 unspecified atom stereocenters. The number of nitrogens with one attached hydrogen (secondary N) is 1. The number of imide groups is 1. The lowest BCUT2D eigenvalue weighted by molar-refractivity contribution is -0.140. The zero-order valence-electron chi connectivity index (χ0n) is 12.2. The highest BCUT2D eigenvalue weighted by Gasteiger charge is 2.31. The van der Waals surface area contributed by atoms with Gasteiger partial charge < -0.3 is 10.5 Å². The van der Waals surface area contributed by atoms with Crippen LogP contribution in [0.25, 0.3) is 0 Å². The molecule has 1 fully saturated rings. The molecule has 0 radical (unpaired) electrons. The first-order chi connectivity index (χ1) is 10.1. The van der Waals surface area contributed by atoms with Gasteiger partial charge in [-0.2, -0.15) is 0 Å². The van der Waals surface area contributed by atoms with Gasteiger partial charge in [-0.15, -0.1) is 0 Å². The standard InChI is InChI=1S/C15H21N3O3/c1-2-12-15(20)17-14(19)10-18(12)8-5-9-21-13-7-4-3-6-11(13)16/h3-4,6-7,12H,2,5,8-10,16H2,1H3,(H,17,19,20). The third-order valence-corrected chi connectivity index (χ3v) is 3.51. The second kappa shape index (κ2) is 7.08. The number of amides is 2. The maximum Gasteiger partial charge on any atom is 0.243 e. The fraction of sp³-hybridized carbons (Fsp3) is 0.467. The summed E-state index contributed by atoms with van der Waals surface area (Å²) < 4.78 is 5.61. The highest BCUT2D eigenvalue weighted by molar-refractivity contribution is 6.01. The summed E-state index contributed by atoms with van der Waals surface area (Å²) >= 11 is 0.